The summed E-state index contributed by atoms with van der Waals surface area (Å²) in [5.74, 6) is 2.29. The molecule has 3 heterocycles. The van der Waals surface area contributed by atoms with Gasteiger partial charge in [-0.1, -0.05) is 12.1 Å². The van der Waals surface area contributed by atoms with Crippen LogP contribution < -0.4 is 25.8 Å². The van der Waals surface area contributed by atoms with Gasteiger partial charge in [-0.15, -0.1) is 0 Å². The number of benzene rings is 2. The quantitative estimate of drug-likeness (QED) is 0.712. The SMILES string of the molecule is Nc1nc(N)c2c(N3CCN(Cc4ccc5c(c4)OCO5)CC3)cccc2n1. The van der Waals surface area contributed by atoms with E-state index in [0.717, 1.165) is 60.8 Å². The minimum Gasteiger partial charge on any atom is -0.454 e. The van der Waals surface area contributed by atoms with Crippen LogP contribution in [0, 0.1) is 0 Å². The molecule has 8 nitrogen and oxygen atoms in total. The van der Waals surface area contributed by atoms with Crippen molar-refractivity contribution in [2.24, 2.45) is 0 Å². The van der Waals surface area contributed by atoms with Crippen molar-refractivity contribution in [3.8, 4) is 11.5 Å². The highest BCUT2D eigenvalue weighted by molar-refractivity contribution is 5.99. The number of piperazine rings is 1. The molecule has 0 radical (unpaired) electrons. The number of anilines is 3. The van der Waals surface area contributed by atoms with E-state index < -0.39 is 0 Å². The van der Waals surface area contributed by atoms with Crippen molar-refractivity contribution >= 4 is 28.4 Å². The predicted octanol–water partition coefficient (Wildman–Crippen LogP) is 1.85. The van der Waals surface area contributed by atoms with E-state index in [0.29, 0.717) is 12.6 Å². The second-order valence-electron chi connectivity index (χ2n) is 7.09. The Bertz CT molecular complexity index is 1030. The maximum atomic E-state index is 6.15. The van der Waals surface area contributed by atoms with Gasteiger partial charge < -0.3 is 25.8 Å². The summed E-state index contributed by atoms with van der Waals surface area (Å²) in [7, 11) is 0. The smallest absolute Gasteiger partial charge is 0.231 e. The molecule has 3 aromatic rings. The molecule has 1 fully saturated rings. The number of fused-ring (bicyclic) bond motifs is 2. The molecule has 28 heavy (non-hydrogen) atoms. The summed E-state index contributed by atoms with van der Waals surface area (Å²) in [6, 6.07) is 12.1. The number of ether oxygens (including phenoxy) is 2. The van der Waals surface area contributed by atoms with E-state index in [1.54, 1.807) is 0 Å². The fourth-order valence-electron chi connectivity index (χ4n) is 3.92. The van der Waals surface area contributed by atoms with Crippen molar-refractivity contribution in [2.75, 3.05) is 49.3 Å². The van der Waals surface area contributed by atoms with Crippen LogP contribution in [0.4, 0.5) is 17.5 Å². The molecule has 0 saturated carbocycles. The Morgan fingerprint density at radius 3 is 2.61 bits per heavy atom. The number of nitrogens with two attached hydrogens (primary N) is 2. The average Bonchev–Trinajstić information content (AvgIpc) is 3.16. The molecule has 0 aliphatic carbocycles. The lowest BCUT2D eigenvalue weighted by atomic mass is 10.1. The molecule has 8 heteroatoms. The summed E-state index contributed by atoms with van der Waals surface area (Å²) in [5.41, 5.74) is 15.0. The van der Waals surface area contributed by atoms with Gasteiger partial charge in [0, 0.05) is 38.4 Å². The molecular weight excluding hydrogens is 356 g/mol. The Morgan fingerprint density at radius 2 is 1.75 bits per heavy atom. The van der Waals surface area contributed by atoms with Gasteiger partial charge in [-0.05, 0) is 29.8 Å². The molecule has 1 aromatic heterocycles. The first-order valence-corrected chi connectivity index (χ1v) is 9.35. The van der Waals surface area contributed by atoms with Gasteiger partial charge in [-0.25, -0.2) is 4.98 Å². The van der Waals surface area contributed by atoms with Gasteiger partial charge in [0.05, 0.1) is 10.9 Å². The first kappa shape index (κ1) is 16.9. The van der Waals surface area contributed by atoms with Gasteiger partial charge >= 0.3 is 0 Å². The van der Waals surface area contributed by atoms with Crippen molar-refractivity contribution in [1.82, 2.24) is 14.9 Å². The zero-order valence-corrected chi connectivity index (χ0v) is 15.5. The zero-order chi connectivity index (χ0) is 19.1. The molecule has 0 amide bonds. The number of rotatable bonds is 3. The first-order chi connectivity index (χ1) is 13.7. The monoisotopic (exact) mass is 378 g/mol. The van der Waals surface area contributed by atoms with Crippen LogP contribution in [-0.2, 0) is 6.54 Å². The van der Waals surface area contributed by atoms with Crippen LogP contribution in [0.25, 0.3) is 10.9 Å². The molecule has 0 spiro atoms. The third kappa shape index (κ3) is 3.01. The fourth-order valence-corrected chi connectivity index (χ4v) is 3.92. The predicted molar refractivity (Wildman–Crippen MR) is 108 cm³/mol. The van der Waals surface area contributed by atoms with Gasteiger partial charge in [0.1, 0.15) is 5.82 Å². The van der Waals surface area contributed by atoms with Crippen molar-refractivity contribution in [1.29, 1.82) is 0 Å². The number of nitrogen functional groups attached to an aromatic ring is 2. The zero-order valence-electron chi connectivity index (χ0n) is 15.5. The maximum absolute atomic E-state index is 6.15. The van der Waals surface area contributed by atoms with Crippen LogP contribution >= 0.6 is 0 Å². The Labute approximate surface area is 162 Å². The lowest BCUT2D eigenvalue weighted by Gasteiger charge is -2.36. The van der Waals surface area contributed by atoms with Gasteiger partial charge in [0.25, 0.3) is 0 Å². The van der Waals surface area contributed by atoms with Crippen LogP contribution in [0.2, 0.25) is 0 Å². The van der Waals surface area contributed by atoms with E-state index in [9.17, 15) is 0 Å². The molecule has 0 unspecified atom stereocenters. The van der Waals surface area contributed by atoms with Crippen LogP contribution in [0.15, 0.2) is 36.4 Å². The van der Waals surface area contributed by atoms with E-state index in [2.05, 4.69) is 38.0 Å². The van der Waals surface area contributed by atoms with Crippen LogP contribution in [0.5, 0.6) is 11.5 Å². The Balaban J connectivity index is 1.30. The van der Waals surface area contributed by atoms with Crippen molar-refractivity contribution in [3.05, 3.63) is 42.0 Å². The molecule has 2 aromatic carbocycles. The van der Waals surface area contributed by atoms with E-state index in [4.69, 9.17) is 20.9 Å². The van der Waals surface area contributed by atoms with Crippen LogP contribution in [-0.4, -0.2) is 47.8 Å². The van der Waals surface area contributed by atoms with E-state index in [1.165, 1.54) is 5.56 Å². The molecule has 2 aliphatic heterocycles. The largest absolute Gasteiger partial charge is 0.454 e. The summed E-state index contributed by atoms with van der Waals surface area (Å²) in [6.07, 6.45) is 0. The molecule has 0 atom stereocenters. The van der Waals surface area contributed by atoms with E-state index >= 15 is 0 Å². The number of hydrogen-bond acceptors (Lipinski definition) is 8. The summed E-state index contributed by atoms with van der Waals surface area (Å²) in [6.45, 7) is 4.94. The molecule has 2 aliphatic rings. The highest BCUT2D eigenvalue weighted by Gasteiger charge is 2.21. The minimum absolute atomic E-state index is 0.204. The minimum atomic E-state index is 0.204. The third-order valence-electron chi connectivity index (χ3n) is 5.30. The Kier molecular flexibility index (Phi) is 4.05. The number of nitrogens with zero attached hydrogens (tertiary/aromatic N) is 4. The van der Waals surface area contributed by atoms with Crippen molar-refractivity contribution in [2.45, 2.75) is 6.54 Å². The second-order valence-corrected chi connectivity index (χ2v) is 7.09. The topological polar surface area (TPSA) is 103 Å². The standard InChI is InChI=1S/C20H22N6O2/c21-19-18-14(23-20(22)24-19)2-1-3-15(18)26-8-6-25(7-9-26)11-13-4-5-16-17(10-13)28-12-27-16/h1-5,10H,6-9,11-12H2,(H4,21,22,23,24). The van der Waals surface area contributed by atoms with Crippen LogP contribution in [0.1, 0.15) is 5.56 Å². The highest BCUT2D eigenvalue weighted by Crippen LogP contribution is 2.33. The summed E-state index contributed by atoms with van der Waals surface area (Å²) < 4.78 is 10.9. The van der Waals surface area contributed by atoms with Gasteiger partial charge in [-0.2, -0.15) is 4.98 Å². The van der Waals surface area contributed by atoms with Crippen LogP contribution in [0.3, 0.4) is 0 Å². The molecule has 1 saturated heterocycles. The van der Waals surface area contributed by atoms with Crippen molar-refractivity contribution in [3.63, 3.8) is 0 Å². The van der Waals surface area contributed by atoms with Gasteiger partial charge in [0.2, 0.25) is 12.7 Å². The molecule has 5 rings (SSSR count). The summed E-state index contributed by atoms with van der Waals surface area (Å²) >= 11 is 0. The van der Waals surface area contributed by atoms with E-state index in [1.807, 2.05) is 18.2 Å². The van der Waals surface area contributed by atoms with Crippen molar-refractivity contribution < 1.29 is 9.47 Å². The average molecular weight is 378 g/mol. The number of aromatic nitrogens is 2. The number of hydrogen-bond donors (Lipinski definition) is 2. The first-order valence-electron chi connectivity index (χ1n) is 9.35. The summed E-state index contributed by atoms with van der Waals surface area (Å²) in [5, 5.41) is 0.876. The third-order valence-corrected chi connectivity index (χ3v) is 5.30. The highest BCUT2D eigenvalue weighted by atomic mass is 16.7. The second kappa shape index (κ2) is 6.72. The Hall–Kier alpha value is -3.26. The molecule has 144 valence electrons. The molecule has 0 bridgehead atoms. The van der Waals surface area contributed by atoms with Gasteiger partial charge in [0.15, 0.2) is 11.5 Å². The molecule has 4 N–H and O–H groups in total. The summed E-state index contributed by atoms with van der Waals surface area (Å²) in [4.78, 5) is 13.2. The normalized spacial score (nSPS) is 16.6. The lowest BCUT2D eigenvalue weighted by molar-refractivity contribution is 0.174. The van der Waals surface area contributed by atoms with Gasteiger partial charge in [-0.3, -0.25) is 4.90 Å². The van der Waals surface area contributed by atoms with E-state index in [-0.39, 0.29) is 5.95 Å². The maximum Gasteiger partial charge on any atom is 0.231 e. The lowest BCUT2D eigenvalue weighted by Crippen LogP contribution is -2.46. The fraction of sp³-hybridized carbons (Fsp3) is 0.300. The Morgan fingerprint density at radius 1 is 0.929 bits per heavy atom. The molecular formula is C20H22N6O2.